The second kappa shape index (κ2) is 5.20. The molecule has 1 aliphatic rings. The van der Waals surface area contributed by atoms with E-state index in [0.29, 0.717) is 36.7 Å². The summed E-state index contributed by atoms with van der Waals surface area (Å²) in [6.45, 7) is 2.20. The minimum Gasteiger partial charge on any atom is -0.381 e. The quantitative estimate of drug-likeness (QED) is 0.831. The summed E-state index contributed by atoms with van der Waals surface area (Å²) in [4.78, 5) is 12.2. The predicted molar refractivity (Wildman–Crippen MR) is 58.6 cm³/mol. The lowest BCUT2D eigenvalue weighted by Crippen LogP contribution is -2.49. The molecule has 1 aliphatic heterocycles. The molecule has 19 heavy (non-hydrogen) atoms. The summed E-state index contributed by atoms with van der Waals surface area (Å²) in [5, 5.41) is 3.52. The van der Waals surface area contributed by atoms with Gasteiger partial charge in [-0.2, -0.15) is 13.2 Å². The molecule has 0 radical (unpaired) electrons. The summed E-state index contributed by atoms with van der Waals surface area (Å²) in [5.74, 6) is -1.68. The number of aromatic nitrogens is 1. The van der Waals surface area contributed by atoms with Crippen molar-refractivity contribution in [2.45, 2.75) is 32.0 Å². The normalized spacial score (nSPS) is 17.5. The van der Waals surface area contributed by atoms with Crippen molar-refractivity contribution in [3.8, 4) is 0 Å². The number of carbonyl (C=O) groups is 1. The molecule has 0 saturated carbocycles. The highest BCUT2D eigenvalue weighted by molar-refractivity contribution is 5.97. The third-order valence-corrected chi connectivity index (χ3v) is 2.88. The molecule has 1 aromatic rings. The molecular weight excluding hydrogens is 265 g/mol. The average Bonchev–Trinajstić information content (AvgIpc) is 2.76. The van der Waals surface area contributed by atoms with Crippen LogP contribution in [0.1, 0.15) is 18.6 Å². The van der Waals surface area contributed by atoms with Gasteiger partial charge >= 0.3 is 12.1 Å². The Bertz CT molecular complexity index is 452. The largest absolute Gasteiger partial charge is 0.471 e. The van der Waals surface area contributed by atoms with E-state index in [-0.39, 0.29) is 5.82 Å². The minimum atomic E-state index is -4.94. The van der Waals surface area contributed by atoms with Gasteiger partial charge in [0, 0.05) is 25.3 Å². The number of hydrogen-bond acceptors (Lipinski definition) is 4. The van der Waals surface area contributed by atoms with E-state index in [0.717, 1.165) is 0 Å². The van der Waals surface area contributed by atoms with Crippen LogP contribution in [-0.2, 0) is 9.53 Å². The van der Waals surface area contributed by atoms with Crippen molar-refractivity contribution >= 4 is 11.7 Å². The maximum Gasteiger partial charge on any atom is 0.471 e. The third kappa shape index (κ3) is 3.06. The van der Waals surface area contributed by atoms with Crippen molar-refractivity contribution in [2.24, 2.45) is 0 Å². The highest BCUT2D eigenvalue weighted by atomic mass is 19.4. The summed E-state index contributed by atoms with van der Waals surface area (Å²) in [6.07, 6.45) is -4.26. The molecule has 0 unspecified atom stereocenters. The molecule has 1 aromatic heterocycles. The number of alkyl halides is 3. The van der Waals surface area contributed by atoms with Crippen LogP contribution in [0.2, 0.25) is 0 Å². The summed E-state index contributed by atoms with van der Waals surface area (Å²) in [7, 11) is 0. The van der Waals surface area contributed by atoms with Crippen LogP contribution >= 0.6 is 0 Å². The number of hydrogen-bond donors (Lipinski definition) is 0. The number of nitrogens with zero attached hydrogens (tertiary/aromatic N) is 2. The molecule has 0 atom stereocenters. The zero-order valence-electron chi connectivity index (χ0n) is 10.2. The third-order valence-electron chi connectivity index (χ3n) is 2.88. The maximum atomic E-state index is 12.7. The highest BCUT2D eigenvalue weighted by Crippen LogP contribution is 2.28. The Morgan fingerprint density at radius 2 is 2.05 bits per heavy atom. The summed E-state index contributed by atoms with van der Waals surface area (Å²) >= 11 is 0. The van der Waals surface area contributed by atoms with Crippen molar-refractivity contribution in [1.82, 2.24) is 5.16 Å². The van der Waals surface area contributed by atoms with Crippen LogP contribution < -0.4 is 4.90 Å². The molecule has 1 fully saturated rings. The number of halogens is 3. The summed E-state index contributed by atoms with van der Waals surface area (Å²) in [5.41, 5.74) is 0. The van der Waals surface area contributed by atoms with Gasteiger partial charge in [0.1, 0.15) is 5.76 Å². The number of amides is 1. The Hall–Kier alpha value is -1.57. The number of aryl methyl sites for hydroxylation is 1. The van der Waals surface area contributed by atoms with E-state index in [1.165, 1.54) is 6.07 Å². The Morgan fingerprint density at radius 1 is 1.42 bits per heavy atom. The van der Waals surface area contributed by atoms with Crippen molar-refractivity contribution in [3.63, 3.8) is 0 Å². The van der Waals surface area contributed by atoms with Crippen LogP contribution in [0.15, 0.2) is 10.6 Å². The van der Waals surface area contributed by atoms with Crippen LogP contribution in [0.5, 0.6) is 0 Å². The number of rotatable bonds is 2. The molecule has 2 heterocycles. The van der Waals surface area contributed by atoms with Gasteiger partial charge in [-0.3, -0.25) is 9.69 Å². The van der Waals surface area contributed by atoms with Gasteiger partial charge in [-0.15, -0.1) is 0 Å². The molecule has 0 aliphatic carbocycles. The van der Waals surface area contributed by atoms with Crippen LogP contribution in [0.3, 0.4) is 0 Å². The van der Waals surface area contributed by atoms with E-state index in [4.69, 9.17) is 9.26 Å². The smallest absolute Gasteiger partial charge is 0.381 e. The molecule has 8 heteroatoms. The second-order valence-corrected chi connectivity index (χ2v) is 4.31. The monoisotopic (exact) mass is 278 g/mol. The van der Waals surface area contributed by atoms with Gasteiger partial charge in [0.05, 0.1) is 0 Å². The fraction of sp³-hybridized carbons (Fsp3) is 0.636. The molecule has 2 rings (SSSR count). The van der Waals surface area contributed by atoms with Crippen LogP contribution in [-0.4, -0.2) is 36.5 Å². The Morgan fingerprint density at radius 3 is 2.53 bits per heavy atom. The number of carbonyl (C=O) groups excluding carboxylic acids is 1. The van der Waals surface area contributed by atoms with Crippen LogP contribution in [0.25, 0.3) is 0 Å². The maximum absolute atomic E-state index is 12.7. The molecule has 0 bridgehead atoms. The summed E-state index contributed by atoms with van der Waals surface area (Å²) in [6, 6.07) is 0.742. The van der Waals surface area contributed by atoms with Gasteiger partial charge in [0.15, 0.2) is 5.82 Å². The zero-order valence-corrected chi connectivity index (χ0v) is 10.2. The molecule has 0 aromatic carbocycles. The molecule has 106 valence electrons. The Balaban J connectivity index is 2.29. The zero-order chi connectivity index (χ0) is 14.0. The first-order chi connectivity index (χ1) is 8.89. The van der Waals surface area contributed by atoms with Crippen LogP contribution in [0, 0.1) is 6.92 Å². The molecule has 1 saturated heterocycles. The SMILES string of the molecule is Cc1cc(N(C(=O)C(F)(F)F)C2CCOCC2)no1. The Kier molecular flexibility index (Phi) is 3.79. The second-order valence-electron chi connectivity index (χ2n) is 4.31. The first-order valence-corrected chi connectivity index (χ1v) is 5.81. The van der Waals surface area contributed by atoms with Gasteiger partial charge in [0.2, 0.25) is 0 Å². The van der Waals surface area contributed by atoms with E-state index in [2.05, 4.69) is 5.16 Å². The lowest BCUT2D eigenvalue weighted by atomic mass is 10.1. The molecular formula is C11H13F3N2O3. The van der Waals surface area contributed by atoms with Crippen molar-refractivity contribution < 1.29 is 27.2 Å². The van der Waals surface area contributed by atoms with E-state index >= 15 is 0 Å². The van der Waals surface area contributed by atoms with Gasteiger partial charge < -0.3 is 9.26 Å². The van der Waals surface area contributed by atoms with E-state index in [1.54, 1.807) is 6.92 Å². The standard InChI is InChI=1S/C11H13F3N2O3/c1-7-6-9(15-19-7)16(10(17)11(12,13)14)8-2-4-18-5-3-8/h6,8H,2-5H2,1H3. The molecule has 0 spiro atoms. The fourth-order valence-corrected chi connectivity index (χ4v) is 2.00. The van der Waals surface area contributed by atoms with Crippen molar-refractivity contribution in [3.05, 3.63) is 11.8 Å². The topological polar surface area (TPSA) is 55.6 Å². The highest BCUT2D eigenvalue weighted by Gasteiger charge is 2.46. The number of anilines is 1. The first-order valence-electron chi connectivity index (χ1n) is 5.81. The van der Waals surface area contributed by atoms with E-state index in [9.17, 15) is 18.0 Å². The Labute approximate surface area is 107 Å². The van der Waals surface area contributed by atoms with Crippen LogP contribution in [0.4, 0.5) is 19.0 Å². The molecule has 0 N–H and O–H groups in total. The van der Waals surface area contributed by atoms with Gasteiger partial charge in [-0.05, 0) is 19.8 Å². The van der Waals surface area contributed by atoms with Crippen molar-refractivity contribution in [2.75, 3.05) is 18.1 Å². The summed E-state index contributed by atoms with van der Waals surface area (Å²) < 4.78 is 47.8. The van der Waals surface area contributed by atoms with Crippen molar-refractivity contribution in [1.29, 1.82) is 0 Å². The van der Waals surface area contributed by atoms with Gasteiger partial charge in [0.25, 0.3) is 0 Å². The average molecular weight is 278 g/mol. The van der Waals surface area contributed by atoms with E-state index in [1.807, 2.05) is 0 Å². The van der Waals surface area contributed by atoms with Gasteiger partial charge in [-0.1, -0.05) is 5.16 Å². The fourth-order valence-electron chi connectivity index (χ4n) is 2.00. The predicted octanol–water partition coefficient (Wildman–Crippen LogP) is 2.06. The lowest BCUT2D eigenvalue weighted by Gasteiger charge is -2.32. The first kappa shape index (κ1) is 13.9. The lowest BCUT2D eigenvalue weighted by molar-refractivity contribution is -0.171. The number of ether oxygens (including phenoxy) is 1. The minimum absolute atomic E-state index is 0.105. The molecule has 1 amide bonds. The van der Waals surface area contributed by atoms with Gasteiger partial charge in [-0.25, -0.2) is 0 Å². The van der Waals surface area contributed by atoms with E-state index < -0.39 is 18.1 Å². The molecule has 5 nitrogen and oxygen atoms in total.